The third-order valence-electron chi connectivity index (χ3n) is 6.52. The van der Waals surface area contributed by atoms with Crippen molar-refractivity contribution in [3.05, 3.63) is 107 Å². The van der Waals surface area contributed by atoms with E-state index in [1.807, 2.05) is 26.0 Å². The van der Waals surface area contributed by atoms with E-state index in [1.54, 1.807) is 36.4 Å². The van der Waals surface area contributed by atoms with Crippen molar-refractivity contribution >= 4 is 34.7 Å². The predicted molar refractivity (Wildman–Crippen MR) is 145 cm³/mol. The van der Waals surface area contributed by atoms with Crippen LogP contribution in [-0.2, 0) is 4.79 Å². The second-order valence-electron chi connectivity index (χ2n) is 9.30. The lowest BCUT2D eigenvalue weighted by Gasteiger charge is -2.18. The van der Waals surface area contributed by atoms with Crippen molar-refractivity contribution in [2.45, 2.75) is 19.8 Å². The zero-order valence-electron chi connectivity index (χ0n) is 20.9. The van der Waals surface area contributed by atoms with Crippen molar-refractivity contribution in [3.8, 4) is 16.9 Å². The second-order valence-corrected chi connectivity index (χ2v) is 9.30. The van der Waals surface area contributed by atoms with Crippen molar-refractivity contribution in [2.75, 3.05) is 10.3 Å². The van der Waals surface area contributed by atoms with Gasteiger partial charge in [-0.25, -0.2) is 13.6 Å². The molecule has 0 atom stereocenters. The molecule has 1 aliphatic rings. The van der Waals surface area contributed by atoms with Gasteiger partial charge in [-0.3, -0.25) is 15.1 Å². The Morgan fingerprint density at radius 2 is 1.69 bits per heavy atom. The summed E-state index contributed by atoms with van der Waals surface area (Å²) < 4.78 is 29.3. The topological polar surface area (TPSA) is 102 Å². The highest BCUT2D eigenvalue weighted by Gasteiger charge is 2.39. The number of hydrogen-bond donors (Lipinski definition) is 3. The quantitative estimate of drug-likeness (QED) is 0.192. The van der Waals surface area contributed by atoms with Gasteiger partial charge in [0.1, 0.15) is 5.75 Å². The van der Waals surface area contributed by atoms with Crippen LogP contribution in [0.3, 0.4) is 0 Å². The van der Waals surface area contributed by atoms with Crippen LogP contribution in [0, 0.1) is 11.6 Å². The first-order chi connectivity index (χ1) is 18.7. The Morgan fingerprint density at radius 3 is 2.38 bits per heavy atom. The van der Waals surface area contributed by atoms with Crippen molar-refractivity contribution in [3.63, 3.8) is 0 Å². The number of carboxylic acids is 1. The summed E-state index contributed by atoms with van der Waals surface area (Å²) in [7, 11) is 0. The van der Waals surface area contributed by atoms with E-state index in [-0.39, 0.29) is 39.9 Å². The first-order valence-corrected chi connectivity index (χ1v) is 12.1. The molecule has 0 radical (unpaired) electrons. The monoisotopic (exact) mass is 527 g/mol. The van der Waals surface area contributed by atoms with Gasteiger partial charge in [-0.1, -0.05) is 50.2 Å². The molecular formula is C30H23F2N3O4. The van der Waals surface area contributed by atoms with Crippen LogP contribution in [-0.4, -0.2) is 27.8 Å². The standard InChI is InChI=1S/C30H23F2N3O4/c1-16(2)17-9-11-20(12-10-17)35-24-14-13-22(31)26(32)25(24)27(29(35)37)34-33-23-8-4-7-21(28(23)36)18-5-3-6-19(15-18)30(38)39/h3-16,33,36H,1-2H3,(H,38,39)/b34-27-. The molecule has 0 aliphatic carbocycles. The molecule has 4 aromatic rings. The summed E-state index contributed by atoms with van der Waals surface area (Å²) in [5.41, 5.74) is 4.45. The Morgan fingerprint density at radius 1 is 0.974 bits per heavy atom. The SMILES string of the molecule is CC(C)c1ccc(N2C(=O)/C(=N\Nc3cccc(-c4cccc(C(=O)O)c4)c3O)c3c2ccc(F)c3F)cc1. The molecule has 196 valence electrons. The van der Waals surface area contributed by atoms with E-state index < -0.39 is 23.5 Å². The molecule has 4 aromatic carbocycles. The number of hydrogen-bond acceptors (Lipinski definition) is 5. The number of carbonyl (C=O) groups is 2. The first kappa shape index (κ1) is 25.6. The van der Waals surface area contributed by atoms with E-state index in [0.717, 1.165) is 11.6 Å². The second kappa shape index (κ2) is 10.0. The highest BCUT2D eigenvalue weighted by molar-refractivity contribution is 6.55. The number of phenolic OH excluding ortho intramolecular Hbond substituents is 1. The number of benzene rings is 4. The smallest absolute Gasteiger partial charge is 0.335 e. The van der Waals surface area contributed by atoms with Crippen molar-refractivity contribution in [2.24, 2.45) is 5.10 Å². The minimum Gasteiger partial charge on any atom is -0.505 e. The summed E-state index contributed by atoms with van der Waals surface area (Å²) in [6, 6.07) is 20.1. The number of halogens is 2. The molecule has 0 saturated carbocycles. The van der Waals surface area contributed by atoms with E-state index in [0.29, 0.717) is 16.8 Å². The zero-order chi connectivity index (χ0) is 27.8. The average molecular weight is 528 g/mol. The van der Waals surface area contributed by atoms with Crippen LogP contribution in [0.15, 0.2) is 84.0 Å². The fourth-order valence-corrected chi connectivity index (χ4v) is 4.45. The molecule has 0 unspecified atom stereocenters. The molecule has 0 fully saturated rings. The normalized spacial score (nSPS) is 13.7. The summed E-state index contributed by atoms with van der Waals surface area (Å²) >= 11 is 0. The van der Waals surface area contributed by atoms with Gasteiger partial charge in [-0.2, -0.15) is 5.10 Å². The molecule has 39 heavy (non-hydrogen) atoms. The van der Waals surface area contributed by atoms with E-state index >= 15 is 4.39 Å². The number of rotatable bonds is 6. The fraction of sp³-hybridized carbons (Fsp3) is 0.100. The summed E-state index contributed by atoms with van der Waals surface area (Å²) in [4.78, 5) is 26.1. The average Bonchev–Trinajstić information content (AvgIpc) is 3.21. The number of aromatic carboxylic acids is 1. The van der Waals surface area contributed by atoms with E-state index in [2.05, 4.69) is 10.5 Å². The Labute approximate surface area is 222 Å². The van der Waals surface area contributed by atoms with Crippen molar-refractivity contribution < 1.29 is 28.6 Å². The number of phenols is 1. The van der Waals surface area contributed by atoms with E-state index in [4.69, 9.17) is 0 Å². The minimum atomic E-state index is -1.22. The van der Waals surface area contributed by atoms with Crippen LogP contribution in [0.4, 0.5) is 25.8 Å². The van der Waals surface area contributed by atoms with Gasteiger partial charge >= 0.3 is 5.97 Å². The molecule has 9 heteroatoms. The maximum absolute atomic E-state index is 15.0. The molecule has 0 saturated heterocycles. The van der Waals surface area contributed by atoms with Gasteiger partial charge < -0.3 is 10.2 Å². The fourth-order valence-electron chi connectivity index (χ4n) is 4.45. The summed E-state index contributed by atoms with van der Waals surface area (Å²) in [6.07, 6.45) is 0. The Hall–Kier alpha value is -5.05. The van der Waals surface area contributed by atoms with Gasteiger partial charge in [0.25, 0.3) is 5.91 Å². The number of amides is 1. The lowest BCUT2D eigenvalue weighted by molar-refractivity contribution is -0.111. The maximum atomic E-state index is 15.0. The van der Waals surface area contributed by atoms with Gasteiger partial charge in [-0.15, -0.1) is 0 Å². The van der Waals surface area contributed by atoms with Crippen molar-refractivity contribution in [1.82, 2.24) is 0 Å². The van der Waals surface area contributed by atoms with E-state index in [9.17, 15) is 24.2 Å². The summed E-state index contributed by atoms with van der Waals surface area (Å²) in [5, 5.41) is 24.3. The summed E-state index contributed by atoms with van der Waals surface area (Å²) in [6.45, 7) is 4.07. The molecule has 5 rings (SSSR count). The molecule has 1 heterocycles. The molecule has 0 aromatic heterocycles. The lowest BCUT2D eigenvalue weighted by atomic mass is 10.0. The van der Waals surface area contributed by atoms with E-state index in [1.165, 1.54) is 29.2 Å². The van der Waals surface area contributed by atoms with Crippen LogP contribution >= 0.6 is 0 Å². The van der Waals surface area contributed by atoms with Crippen LogP contribution in [0.5, 0.6) is 5.75 Å². The van der Waals surface area contributed by atoms with Crippen LogP contribution < -0.4 is 10.3 Å². The highest BCUT2D eigenvalue weighted by atomic mass is 19.2. The van der Waals surface area contributed by atoms with Crippen LogP contribution in [0.25, 0.3) is 11.1 Å². The molecule has 1 amide bonds. The Bertz CT molecular complexity index is 1650. The van der Waals surface area contributed by atoms with Gasteiger partial charge in [0, 0.05) is 11.3 Å². The Balaban J connectivity index is 1.54. The predicted octanol–water partition coefficient (Wildman–Crippen LogP) is 6.65. The van der Waals surface area contributed by atoms with Crippen LogP contribution in [0.2, 0.25) is 0 Å². The molecule has 1 aliphatic heterocycles. The molecule has 3 N–H and O–H groups in total. The number of fused-ring (bicyclic) bond motifs is 1. The highest BCUT2D eigenvalue weighted by Crippen LogP contribution is 2.39. The minimum absolute atomic E-state index is 0.0395. The molecule has 0 bridgehead atoms. The number of aromatic hydroxyl groups is 1. The molecule has 7 nitrogen and oxygen atoms in total. The van der Waals surface area contributed by atoms with Gasteiger partial charge in [0.15, 0.2) is 17.3 Å². The van der Waals surface area contributed by atoms with Crippen molar-refractivity contribution in [1.29, 1.82) is 0 Å². The number of anilines is 3. The van der Waals surface area contributed by atoms with Gasteiger partial charge in [-0.05, 0) is 59.5 Å². The third-order valence-corrected chi connectivity index (χ3v) is 6.52. The Kier molecular flexibility index (Phi) is 6.57. The number of hydrazone groups is 1. The number of carbonyl (C=O) groups excluding carboxylic acids is 1. The number of para-hydroxylation sites is 1. The van der Waals surface area contributed by atoms with Gasteiger partial charge in [0.05, 0.1) is 22.5 Å². The number of nitrogens with one attached hydrogen (secondary N) is 1. The molecular weight excluding hydrogens is 504 g/mol. The third kappa shape index (κ3) is 4.59. The maximum Gasteiger partial charge on any atom is 0.335 e. The first-order valence-electron chi connectivity index (χ1n) is 12.1. The molecule has 0 spiro atoms. The largest absolute Gasteiger partial charge is 0.505 e. The van der Waals surface area contributed by atoms with Gasteiger partial charge in [0.2, 0.25) is 0 Å². The zero-order valence-corrected chi connectivity index (χ0v) is 20.9. The lowest BCUT2D eigenvalue weighted by Crippen LogP contribution is -2.26. The number of nitrogens with zero attached hydrogens (tertiary/aromatic N) is 2. The van der Waals surface area contributed by atoms with Crippen LogP contribution in [0.1, 0.15) is 41.3 Å². The summed E-state index contributed by atoms with van der Waals surface area (Å²) in [5.74, 6) is -4.14. The number of carboxylic acid groups (broad SMARTS) is 1.